The van der Waals surface area contributed by atoms with Crippen LogP contribution in [-0.4, -0.2) is 44.5 Å². The van der Waals surface area contributed by atoms with Crippen molar-refractivity contribution in [1.29, 1.82) is 0 Å². The third kappa shape index (κ3) is 9.32. The largest absolute Gasteiger partial charge is 0.497 e. The van der Waals surface area contributed by atoms with E-state index in [9.17, 15) is 5.11 Å². The summed E-state index contributed by atoms with van der Waals surface area (Å²) in [6.07, 6.45) is 0.881. The van der Waals surface area contributed by atoms with Crippen molar-refractivity contribution < 1.29 is 14.6 Å². The topological polar surface area (TPSA) is 75.1 Å². The van der Waals surface area contributed by atoms with Gasteiger partial charge in [0.15, 0.2) is 5.96 Å². The highest BCUT2D eigenvalue weighted by Gasteiger charge is 2.22. The maximum atomic E-state index is 10.8. The second-order valence-electron chi connectivity index (χ2n) is 6.98. The van der Waals surface area contributed by atoms with Crippen LogP contribution >= 0.6 is 24.0 Å². The Morgan fingerprint density at radius 3 is 2.40 bits per heavy atom. The van der Waals surface area contributed by atoms with Gasteiger partial charge in [-0.2, -0.15) is 0 Å². The summed E-state index contributed by atoms with van der Waals surface area (Å²) in [5.74, 6) is 1.48. The third-order valence-corrected chi connectivity index (χ3v) is 4.54. The Labute approximate surface area is 197 Å². The SMILES string of the molecule is CCOCCCNC(=NCc1ccc(OC)cc1)NCC(C)(O)c1ccccc1.I. The summed E-state index contributed by atoms with van der Waals surface area (Å²) in [6.45, 7) is 6.82. The number of benzene rings is 2. The Hall–Kier alpha value is -1.84. The van der Waals surface area contributed by atoms with Crippen molar-refractivity contribution in [2.75, 3.05) is 33.4 Å². The van der Waals surface area contributed by atoms with Crippen LogP contribution in [0.5, 0.6) is 5.75 Å². The van der Waals surface area contributed by atoms with Crippen molar-refractivity contribution in [3.8, 4) is 5.75 Å². The van der Waals surface area contributed by atoms with Gasteiger partial charge in [0, 0.05) is 19.8 Å². The minimum atomic E-state index is -1.00. The summed E-state index contributed by atoms with van der Waals surface area (Å²) in [4.78, 5) is 4.67. The highest BCUT2D eigenvalue weighted by Crippen LogP contribution is 2.19. The minimum absolute atomic E-state index is 0. The summed E-state index contributed by atoms with van der Waals surface area (Å²) in [6, 6.07) is 17.5. The van der Waals surface area contributed by atoms with Crippen molar-refractivity contribution in [2.24, 2.45) is 4.99 Å². The fourth-order valence-electron chi connectivity index (χ4n) is 2.76. The van der Waals surface area contributed by atoms with Gasteiger partial charge in [0.2, 0.25) is 0 Å². The number of guanidine groups is 1. The minimum Gasteiger partial charge on any atom is -0.497 e. The molecule has 1 atom stereocenters. The molecule has 0 saturated carbocycles. The van der Waals surface area contributed by atoms with E-state index in [1.165, 1.54) is 0 Å². The van der Waals surface area contributed by atoms with Gasteiger partial charge in [-0.05, 0) is 43.5 Å². The van der Waals surface area contributed by atoms with E-state index in [0.717, 1.165) is 36.4 Å². The molecule has 0 aliphatic carbocycles. The number of nitrogens with zero attached hydrogens (tertiary/aromatic N) is 1. The second-order valence-corrected chi connectivity index (χ2v) is 6.98. The standard InChI is InChI=1S/C23H33N3O3.HI/c1-4-29-16-8-15-24-22(25-17-19-11-13-21(28-3)14-12-19)26-18-23(2,27)20-9-6-5-7-10-20;/h5-7,9-14,27H,4,8,15-18H2,1-3H3,(H2,24,25,26);1H. The number of rotatable bonds is 11. The predicted octanol–water partition coefficient (Wildman–Crippen LogP) is 3.68. The zero-order valence-electron chi connectivity index (χ0n) is 18.1. The molecule has 30 heavy (non-hydrogen) atoms. The van der Waals surface area contributed by atoms with Gasteiger partial charge < -0.3 is 25.2 Å². The van der Waals surface area contributed by atoms with E-state index >= 15 is 0 Å². The Bertz CT molecular complexity index is 737. The average Bonchev–Trinajstić information content (AvgIpc) is 2.76. The highest BCUT2D eigenvalue weighted by molar-refractivity contribution is 14.0. The zero-order chi connectivity index (χ0) is 21.0. The first-order valence-corrected chi connectivity index (χ1v) is 10.1. The molecule has 7 heteroatoms. The molecule has 2 aromatic rings. The van der Waals surface area contributed by atoms with Crippen LogP contribution in [0.1, 0.15) is 31.4 Å². The van der Waals surface area contributed by atoms with Gasteiger partial charge in [0.05, 0.1) is 20.2 Å². The van der Waals surface area contributed by atoms with Crippen LogP contribution in [0.4, 0.5) is 0 Å². The molecule has 0 fully saturated rings. The number of halogens is 1. The molecular formula is C23H34IN3O3. The lowest BCUT2D eigenvalue weighted by Crippen LogP contribution is -2.45. The lowest BCUT2D eigenvalue weighted by molar-refractivity contribution is 0.0616. The van der Waals surface area contributed by atoms with Crippen LogP contribution in [0.3, 0.4) is 0 Å². The molecule has 0 radical (unpaired) electrons. The van der Waals surface area contributed by atoms with E-state index < -0.39 is 5.60 Å². The quantitative estimate of drug-likeness (QED) is 0.180. The Morgan fingerprint density at radius 2 is 1.77 bits per heavy atom. The molecule has 3 N–H and O–H groups in total. The van der Waals surface area contributed by atoms with E-state index in [1.807, 2.05) is 61.5 Å². The van der Waals surface area contributed by atoms with Crippen LogP contribution in [0.25, 0.3) is 0 Å². The molecule has 6 nitrogen and oxygen atoms in total. The van der Waals surface area contributed by atoms with Crippen LogP contribution in [-0.2, 0) is 16.9 Å². The van der Waals surface area contributed by atoms with Crippen LogP contribution in [0.2, 0.25) is 0 Å². The number of aliphatic hydroxyl groups is 1. The third-order valence-electron chi connectivity index (χ3n) is 4.54. The maximum absolute atomic E-state index is 10.8. The van der Waals surface area contributed by atoms with Crippen molar-refractivity contribution in [3.05, 3.63) is 65.7 Å². The number of hydrogen-bond donors (Lipinski definition) is 3. The van der Waals surface area contributed by atoms with Crippen molar-refractivity contribution in [1.82, 2.24) is 10.6 Å². The van der Waals surface area contributed by atoms with Crippen molar-refractivity contribution in [3.63, 3.8) is 0 Å². The summed E-state index contributed by atoms with van der Waals surface area (Å²) in [5.41, 5.74) is 0.934. The van der Waals surface area contributed by atoms with Gasteiger partial charge in [-0.25, -0.2) is 4.99 Å². The van der Waals surface area contributed by atoms with Crippen molar-refractivity contribution in [2.45, 2.75) is 32.4 Å². The van der Waals surface area contributed by atoms with E-state index in [-0.39, 0.29) is 24.0 Å². The van der Waals surface area contributed by atoms with E-state index in [1.54, 1.807) is 14.0 Å². The molecule has 166 valence electrons. The monoisotopic (exact) mass is 527 g/mol. The number of methoxy groups -OCH3 is 1. The summed E-state index contributed by atoms with van der Waals surface area (Å²) < 4.78 is 10.6. The Kier molecular flexibility index (Phi) is 12.4. The molecule has 2 aromatic carbocycles. The lowest BCUT2D eigenvalue weighted by Gasteiger charge is -2.25. The van der Waals surface area contributed by atoms with Crippen LogP contribution < -0.4 is 15.4 Å². The molecule has 0 aliphatic heterocycles. The summed E-state index contributed by atoms with van der Waals surface area (Å²) in [7, 11) is 1.65. The highest BCUT2D eigenvalue weighted by atomic mass is 127. The van der Waals surface area contributed by atoms with Crippen LogP contribution in [0, 0.1) is 0 Å². The smallest absolute Gasteiger partial charge is 0.191 e. The maximum Gasteiger partial charge on any atom is 0.191 e. The average molecular weight is 527 g/mol. The first-order chi connectivity index (χ1) is 14.0. The fourth-order valence-corrected chi connectivity index (χ4v) is 2.76. The number of aliphatic imine (C=N–C) groups is 1. The van der Waals surface area contributed by atoms with E-state index in [0.29, 0.717) is 25.7 Å². The van der Waals surface area contributed by atoms with Gasteiger partial charge in [-0.3, -0.25) is 0 Å². The van der Waals surface area contributed by atoms with Crippen molar-refractivity contribution >= 4 is 29.9 Å². The molecule has 0 heterocycles. The summed E-state index contributed by atoms with van der Waals surface area (Å²) in [5, 5.41) is 17.4. The van der Waals surface area contributed by atoms with Crippen LogP contribution in [0.15, 0.2) is 59.6 Å². The molecule has 0 aliphatic rings. The molecule has 2 rings (SSSR count). The molecule has 0 aromatic heterocycles. The Balaban J connectivity index is 0.00000450. The molecule has 0 bridgehead atoms. The normalized spacial score (nSPS) is 13.1. The first kappa shape index (κ1) is 26.2. The molecule has 0 saturated heterocycles. The Morgan fingerprint density at radius 1 is 1.07 bits per heavy atom. The first-order valence-electron chi connectivity index (χ1n) is 10.1. The molecule has 0 spiro atoms. The summed E-state index contributed by atoms with van der Waals surface area (Å²) >= 11 is 0. The number of nitrogens with one attached hydrogen (secondary N) is 2. The molecule has 0 amide bonds. The number of hydrogen-bond acceptors (Lipinski definition) is 4. The fraction of sp³-hybridized carbons (Fsp3) is 0.435. The van der Waals surface area contributed by atoms with Gasteiger partial charge in [0.25, 0.3) is 0 Å². The zero-order valence-corrected chi connectivity index (χ0v) is 20.4. The van der Waals surface area contributed by atoms with E-state index in [4.69, 9.17) is 9.47 Å². The predicted molar refractivity (Wildman–Crippen MR) is 133 cm³/mol. The lowest BCUT2D eigenvalue weighted by atomic mass is 9.96. The van der Waals surface area contributed by atoms with E-state index in [2.05, 4.69) is 15.6 Å². The number of ether oxygens (including phenoxy) is 2. The van der Waals surface area contributed by atoms with Gasteiger partial charge in [-0.1, -0.05) is 42.5 Å². The molecule has 1 unspecified atom stereocenters. The van der Waals surface area contributed by atoms with Gasteiger partial charge in [-0.15, -0.1) is 24.0 Å². The molecular weight excluding hydrogens is 493 g/mol. The van der Waals surface area contributed by atoms with Gasteiger partial charge >= 0.3 is 0 Å². The van der Waals surface area contributed by atoms with Gasteiger partial charge in [0.1, 0.15) is 11.4 Å². The second kappa shape index (κ2) is 14.2.